The van der Waals surface area contributed by atoms with Gasteiger partial charge in [0.1, 0.15) is 0 Å². The smallest absolute Gasteiger partial charge is 0.251 e. The predicted molar refractivity (Wildman–Crippen MR) is 86.7 cm³/mol. The van der Waals surface area contributed by atoms with Crippen LogP contribution in [-0.4, -0.2) is 20.9 Å². The SMILES string of the molecule is Cc1c(Br)cc(C(=O)NCCC(C)(C)C)cc1S(N)(=O)=O. The Morgan fingerprint density at radius 2 is 1.90 bits per heavy atom. The number of carbonyl (C=O) groups excluding carboxylic acids is 1. The molecular weight excluding hydrogens is 356 g/mol. The summed E-state index contributed by atoms with van der Waals surface area (Å²) in [6, 6.07) is 2.90. The molecule has 1 aromatic carbocycles. The van der Waals surface area contributed by atoms with E-state index in [0.717, 1.165) is 6.42 Å². The van der Waals surface area contributed by atoms with Crippen LogP contribution in [0.1, 0.15) is 43.1 Å². The molecule has 1 aromatic rings. The lowest BCUT2D eigenvalue weighted by atomic mass is 9.92. The largest absolute Gasteiger partial charge is 0.352 e. The fourth-order valence-corrected chi connectivity index (χ4v) is 3.15. The highest BCUT2D eigenvalue weighted by atomic mass is 79.9. The highest BCUT2D eigenvalue weighted by molar-refractivity contribution is 9.10. The third kappa shape index (κ3) is 5.41. The Labute approximate surface area is 134 Å². The molecule has 7 heteroatoms. The van der Waals surface area contributed by atoms with Crippen molar-refractivity contribution in [2.45, 2.75) is 39.0 Å². The molecule has 0 heterocycles. The van der Waals surface area contributed by atoms with E-state index in [1.165, 1.54) is 6.07 Å². The summed E-state index contributed by atoms with van der Waals surface area (Å²) in [7, 11) is -3.87. The van der Waals surface area contributed by atoms with Gasteiger partial charge in [-0.05, 0) is 36.5 Å². The Hall–Kier alpha value is -0.920. The van der Waals surface area contributed by atoms with Gasteiger partial charge in [0.25, 0.3) is 5.91 Å². The Morgan fingerprint density at radius 3 is 2.38 bits per heavy atom. The Bertz CT molecular complexity index is 649. The molecule has 0 aliphatic carbocycles. The molecule has 118 valence electrons. The molecular formula is C14H21BrN2O3S. The molecule has 1 amide bonds. The molecule has 0 spiro atoms. The van der Waals surface area contributed by atoms with E-state index < -0.39 is 10.0 Å². The topological polar surface area (TPSA) is 89.3 Å². The van der Waals surface area contributed by atoms with Gasteiger partial charge in [-0.2, -0.15) is 0 Å². The minimum absolute atomic E-state index is 0.0437. The van der Waals surface area contributed by atoms with Crippen LogP contribution in [0, 0.1) is 12.3 Å². The normalized spacial score (nSPS) is 12.3. The molecule has 5 nitrogen and oxygen atoms in total. The molecule has 0 bridgehead atoms. The standard InChI is InChI=1S/C14H21BrN2O3S/c1-9-11(15)7-10(8-12(9)21(16,19)20)13(18)17-6-5-14(2,3)4/h7-8H,5-6H2,1-4H3,(H,17,18)(H2,16,19,20). The highest BCUT2D eigenvalue weighted by Crippen LogP contribution is 2.25. The van der Waals surface area contributed by atoms with Gasteiger partial charge in [0.2, 0.25) is 10.0 Å². The van der Waals surface area contributed by atoms with Crippen LogP contribution < -0.4 is 10.5 Å². The van der Waals surface area contributed by atoms with Crippen molar-refractivity contribution < 1.29 is 13.2 Å². The number of hydrogen-bond acceptors (Lipinski definition) is 3. The van der Waals surface area contributed by atoms with Crippen molar-refractivity contribution >= 4 is 31.9 Å². The maximum Gasteiger partial charge on any atom is 0.251 e. The number of nitrogens with two attached hydrogens (primary N) is 1. The second-order valence-corrected chi connectivity index (χ2v) is 8.58. The van der Waals surface area contributed by atoms with E-state index in [0.29, 0.717) is 16.6 Å². The average molecular weight is 377 g/mol. The number of primary sulfonamides is 1. The van der Waals surface area contributed by atoms with Crippen molar-refractivity contribution in [2.24, 2.45) is 10.6 Å². The summed E-state index contributed by atoms with van der Waals surface area (Å²) in [4.78, 5) is 12.1. The van der Waals surface area contributed by atoms with E-state index in [-0.39, 0.29) is 21.8 Å². The number of sulfonamides is 1. The van der Waals surface area contributed by atoms with Crippen molar-refractivity contribution in [3.63, 3.8) is 0 Å². The van der Waals surface area contributed by atoms with Crippen LogP contribution in [-0.2, 0) is 10.0 Å². The van der Waals surface area contributed by atoms with E-state index >= 15 is 0 Å². The lowest BCUT2D eigenvalue weighted by Gasteiger charge is -2.18. The lowest BCUT2D eigenvalue weighted by Crippen LogP contribution is -2.27. The van der Waals surface area contributed by atoms with Crippen LogP contribution in [0.3, 0.4) is 0 Å². The van der Waals surface area contributed by atoms with Gasteiger partial charge in [-0.15, -0.1) is 0 Å². The van der Waals surface area contributed by atoms with E-state index in [2.05, 4.69) is 42.0 Å². The molecule has 0 fully saturated rings. The molecule has 0 aromatic heterocycles. The molecule has 0 unspecified atom stereocenters. The van der Waals surface area contributed by atoms with Gasteiger partial charge in [-0.25, -0.2) is 13.6 Å². The van der Waals surface area contributed by atoms with Crippen LogP contribution in [0.25, 0.3) is 0 Å². The molecule has 0 aliphatic rings. The molecule has 3 N–H and O–H groups in total. The van der Waals surface area contributed by atoms with Crippen molar-refractivity contribution in [3.05, 3.63) is 27.7 Å². The molecule has 0 radical (unpaired) electrons. The van der Waals surface area contributed by atoms with Crippen LogP contribution in [0.4, 0.5) is 0 Å². The molecule has 21 heavy (non-hydrogen) atoms. The molecule has 0 aliphatic heterocycles. The number of halogens is 1. The second kappa shape index (κ2) is 6.46. The van der Waals surface area contributed by atoms with Crippen LogP contribution in [0.5, 0.6) is 0 Å². The van der Waals surface area contributed by atoms with Gasteiger partial charge in [0.05, 0.1) is 4.90 Å². The molecule has 1 rings (SSSR count). The van der Waals surface area contributed by atoms with Crippen LogP contribution >= 0.6 is 15.9 Å². The zero-order valence-corrected chi connectivity index (χ0v) is 15.1. The molecule has 0 saturated carbocycles. The third-order valence-corrected chi connectivity index (χ3v) is 4.89. The van der Waals surface area contributed by atoms with Gasteiger partial charge in [0, 0.05) is 16.6 Å². The minimum atomic E-state index is -3.87. The first kappa shape index (κ1) is 18.1. The van der Waals surface area contributed by atoms with E-state index in [9.17, 15) is 13.2 Å². The van der Waals surface area contributed by atoms with Gasteiger partial charge in [-0.3, -0.25) is 4.79 Å². The first-order chi connectivity index (χ1) is 9.42. The first-order valence-electron chi connectivity index (χ1n) is 6.53. The lowest BCUT2D eigenvalue weighted by molar-refractivity contribution is 0.0949. The number of benzene rings is 1. The van der Waals surface area contributed by atoms with E-state index in [1.54, 1.807) is 13.0 Å². The summed E-state index contributed by atoms with van der Waals surface area (Å²) in [6.45, 7) is 8.41. The summed E-state index contributed by atoms with van der Waals surface area (Å²) in [5, 5.41) is 7.96. The predicted octanol–water partition coefficient (Wildman–Crippen LogP) is 2.57. The zero-order valence-electron chi connectivity index (χ0n) is 12.7. The fourth-order valence-electron chi connectivity index (χ4n) is 1.73. The summed E-state index contributed by atoms with van der Waals surface area (Å²) >= 11 is 3.26. The fraction of sp³-hybridized carbons (Fsp3) is 0.500. The Kier molecular flexibility index (Phi) is 5.57. The highest BCUT2D eigenvalue weighted by Gasteiger charge is 2.18. The van der Waals surface area contributed by atoms with Crippen molar-refractivity contribution in [1.29, 1.82) is 0 Å². The second-order valence-electron chi connectivity index (χ2n) is 6.19. The summed E-state index contributed by atoms with van der Waals surface area (Å²) in [5.74, 6) is -0.315. The monoisotopic (exact) mass is 376 g/mol. The van der Waals surface area contributed by atoms with Crippen LogP contribution in [0.2, 0.25) is 0 Å². The number of nitrogens with one attached hydrogen (secondary N) is 1. The number of rotatable bonds is 4. The maximum atomic E-state index is 12.1. The summed E-state index contributed by atoms with van der Waals surface area (Å²) in [5.41, 5.74) is 0.876. The van der Waals surface area contributed by atoms with Crippen LogP contribution in [0.15, 0.2) is 21.5 Å². The first-order valence-corrected chi connectivity index (χ1v) is 8.87. The van der Waals surface area contributed by atoms with Gasteiger partial charge >= 0.3 is 0 Å². The minimum Gasteiger partial charge on any atom is -0.352 e. The number of amides is 1. The maximum absolute atomic E-state index is 12.1. The van der Waals surface area contributed by atoms with Crippen molar-refractivity contribution in [1.82, 2.24) is 5.32 Å². The van der Waals surface area contributed by atoms with E-state index in [1.807, 2.05) is 0 Å². The summed E-state index contributed by atoms with van der Waals surface area (Å²) in [6.07, 6.45) is 0.827. The quantitative estimate of drug-likeness (QED) is 0.845. The Morgan fingerprint density at radius 1 is 1.33 bits per heavy atom. The average Bonchev–Trinajstić information content (AvgIpc) is 2.29. The third-order valence-electron chi connectivity index (χ3n) is 3.03. The Balaban J connectivity index is 2.99. The molecule has 0 saturated heterocycles. The molecule has 0 atom stereocenters. The van der Waals surface area contributed by atoms with Gasteiger partial charge < -0.3 is 5.32 Å². The summed E-state index contributed by atoms with van der Waals surface area (Å²) < 4.78 is 23.6. The van der Waals surface area contributed by atoms with Gasteiger partial charge in [0.15, 0.2) is 0 Å². The van der Waals surface area contributed by atoms with Crippen molar-refractivity contribution in [3.8, 4) is 0 Å². The van der Waals surface area contributed by atoms with Gasteiger partial charge in [-0.1, -0.05) is 36.7 Å². The zero-order chi connectivity index (χ0) is 16.4. The van der Waals surface area contributed by atoms with Crippen molar-refractivity contribution in [2.75, 3.05) is 6.54 Å². The number of carbonyl (C=O) groups is 1. The van der Waals surface area contributed by atoms with E-state index in [4.69, 9.17) is 5.14 Å². The number of hydrogen-bond donors (Lipinski definition) is 2.